The van der Waals surface area contributed by atoms with Crippen molar-refractivity contribution in [1.82, 2.24) is 20.4 Å². The van der Waals surface area contributed by atoms with Crippen molar-refractivity contribution in [2.45, 2.75) is 13.0 Å². The molecule has 5 nitrogen and oxygen atoms in total. The van der Waals surface area contributed by atoms with Crippen LogP contribution in [0.3, 0.4) is 0 Å². The maximum atomic E-state index is 12.4. The van der Waals surface area contributed by atoms with Crippen molar-refractivity contribution >= 4 is 16.8 Å². The maximum Gasteiger partial charge on any atom is 0.254 e. The molecule has 2 N–H and O–H groups in total. The Labute approximate surface area is 105 Å². The van der Waals surface area contributed by atoms with E-state index in [2.05, 4.69) is 22.4 Å². The lowest BCUT2D eigenvalue weighted by Gasteiger charge is -2.31. The number of fused-ring (bicyclic) bond motifs is 1. The second-order valence-corrected chi connectivity index (χ2v) is 4.78. The number of carbonyl (C=O) groups is 1. The van der Waals surface area contributed by atoms with Crippen LogP contribution in [-0.2, 0) is 0 Å². The second kappa shape index (κ2) is 4.42. The molecule has 94 valence electrons. The number of nitrogens with zero attached hydrogens (tertiary/aromatic N) is 2. The quantitative estimate of drug-likeness (QED) is 0.786. The van der Waals surface area contributed by atoms with Crippen LogP contribution in [0.25, 0.3) is 10.9 Å². The molecule has 1 amide bonds. The highest BCUT2D eigenvalue weighted by Gasteiger charge is 2.21. The third-order valence-corrected chi connectivity index (χ3v) is 3.34. The zero-order valence-corrected chi connectivity index (χ0v) is 10.3. The number of benzene rings is 1. The van der Waals surface area contributed by atoms with E-state index in [0.717, 1.165) is 36.1 Å². The SMILES string of the molecule is CC1CN(C(=O)c2ccc3cn[nH]c3c2)CCN1. The van der Waals surface area contributed by atoms with Gasteiger partial charge in [0, 0.05) is 36.6 Å². The van der Waals surface area contributed by atoms with E-state index in [4.69, 9.17) is 0 Å². The van der Waals surface area contributed by atoms with Crippen LogP contribution < -0.4 is 5.32 Å². The minimum Gasteiger partial charge on any atom is -0.336 e. The van der Waals surface area contributed by atoms with Gasteiger partial charge in [0.15, 0.2) is 0 Å². The summed E-state index contributed by atoms with van der Waals surface area (Å²) in [4.78, 5) is 14.3. The molecule has 1 aliphatic heterocycles. The lowest BCUT2D eigenvalue weighted by Crippen LogP contribution is -2.51. The third kappa shape index (κ3) is 1.97. The molecule has 1 unspecified atom stereocenters. The summed E-state index contributed by atoms with van der Waals surface area (Å²) in [6, 6.07) is 6.03. The minimum atomic E-state index is 0.0971. The summed E-state index contributed by atoms with van der Waals surface area (Å²) in [6.45, 7) is 4.49. The van der Waals surface area contributed by atoms with Crippen LogP contribution in [0.15, 0.2) is 24.4 Å². The van der Waals surface area contributed by atoms with E-state index >= 15 is 0 Å². The first-order valence-corrected chi connectivity index (χ1v) is 6.20. The number of aromatic amines is 1. The molecule has 1 atom stereocenters. The highest BCUT2D eigenvalue weighted by molar-refractivity contribution is 5.97. The van der Waals surface area contributed by atoms with Crippen LogP contribution >= 0.6 is 0 Å². The van der Waals surface area contributed by atoms with Crippen LogP contribution in [0, 0.1) is 0 Å². The van der Waals surface area contributed by atoms with Gasteiger partial charge >= 0.3 is 0 Å². The van der Waals surface area contributed by atoms with Crippen LogP contribution in [0.4, 0.5) is 0 Å². The Hall–Kier alpha value is -1.88. The number of carbonyl (C=O) groups excluding carboxylic acids is 1. The summed E-state index contributed by atoms with van der Waals surface area (Å²) in [5.74, 6) is 0.0971. The van der Waals surface area contributed by atoms with Gasteiger partial charge in [0.25, 0.3) is 5.91 Å². The normalized spacial score (nSPS) is 20.3. The Kier molecular flexibility index (Phi) is 2.76. The van der Waals surface area contributed by atoms with E-state index in [9.17, 15) is 4.79 Å². The summed E-state index contributed by atoms with van der Waals surface area (Å²) in [6.07, 6.45) is 1.76. The van der Waals surface area contributed by atoms with E-state index in [1.165, 1.54) is 0 Å². The van der Waals surface area contributed by atoms with E-state index in [-0.39, 0.29) is 5.91 Å². The molecule has 0 spiro atoms. The van der Waals surface area contributed by atoms with Crippen LogP contribution in [-0.4, -0.2) is 46.7 Å². The molecule has 1 fully saturated rings. The fraction of sp³-hybridized carbons (Fsp3) is 0.385. The molecule has 1 aliphatic rings. The molecule has 0 bridgehead atoms. The lowest BCUT2D eigenvalue weighted by atomic mass is 10.1. The van der Waals surface area contributed by atoms with Gasteiger partial charge in [-0.1, -0.05) is 6.07 Å². The largest absolute Gasteiger partial charge is 0.336 e. The van der Waals surface area contributed by atoms with Gasteiger partial charge in [0.1, 0.15) is 0 Å². The average molecular weight is 244 g/mol. The molecule has 2 aromatic rings. The molecule has 0 aliphatic carbocycles. The smallest absolute Gasteiger partial charge is 0.254 e. The fourth-order valence-electron chi connectivity index (χ4n) is 2.37. The monoisotopic (exact) mass is 244 g/mol. The van der Waals surface area contributed by atoms with Crippen molar-refractivity contribution in [1.29, 1.82) is 0 Å². The number of aromatic nitrogens is 2. The summed E-state index contributed by atoms with van der Waals surface area (Å²) >= 11 is 0. The average Bonchev–Trinajstić information content (AvgIpc) is 2.85. The molecule has 3 rings (SSSR count). The first kappa shape index (κ1) is 11.2. The zero-order chi connectivity index (χ0) is 12.5. The Morgan fingerprint density at radius 2 is 2.39 bits per heavy atom. The number of amides is 1. The topological polar surface area (TPSA) is 61.0 Å². The van der Waals surface area contributed by atoms with Gasteiger partial charge in [-0.25, -0.2) is 0 Å². The predicted molar refractivity (Wildman–Crippen MR) is 69.5 cm³/mol. The molecule has 2 heterocycles. The number of nitrogens with one attached hydrogen (secondary N) is 2. The number of rotatable bonds is 1. The van der Waals surface area contributed by atoms with Crippen molar-refractivity contribution in [3.05, 3.63) is 30.0 Å². The van der Waals surface area contributed by atoms with Crippen molar-refractivity contribution in [2.24, 2.45) is 0 Å². The van der Waals surface area contributed by atoms with Crippen molar-refractivity contribution in [3.8, 4) is 0 Å². The fourth-order valence-corrected chi connectivity index (χ4v) is 2.37. The predicted octanol–water partition coefficient (Wildman–Crippen LogP) is 0.997. The second-order valence-electron chi connectivity index (χ2n) is 4.78. The highest BCUT2D eigenvalue weighted by atomic mass is 16.2. The van der Waals surface area contributed by atoms with Crippen molar-refractivity contribution < 1.29 is 4.79 Å². The van der Waals surface area contributed by atoms with Crippen LogP contribution in [0.5, 0.6) is 0 Å². The van der Waals surface area contributed by atoms with Gasteiger partial charge in [-0.2, -0.15) is 5.10 Å². The van der Waals surface area contributed by atoms with E-state index < -0.39 is 0 Å². The molecule has 0 saturated carbocycles. The summed E-state index contributed by atoms with van der Waals surface area (Å²) in [5, 5.41) is 11.2. The Morgan fingerprint density at radius 1 is 1.50 bits per heavy atom. The van der Waals surface area contributed by atoms with Gasteiger partial charge in [0.2, 0.25) is 0 Å². The molecular formula is C13H16N4O. The summed E-state index contributed by atoms with van der Waals surface area (Å²) in [7, 11) is 0. The van der Waals surface area contributed by atoms with Crippen LogP contribution in [0.1, 0.15) is 17.3 Å². The molecule has 1 aromatic carbocycles. The summed E-state index contributed by atoms with van der Waals surface area (Å²) < 4.78 is 0. The van der Waals surface area contributed by atoms with Gasteiger partial charge < -0.3 is 10.2 Å². The Balaban J connectivity index is 1.86. The zero-order valence-electron chi connectivity index (χ0n) is 10.3. The van der Waals surface area contributed by atoms with Gasteiger partial charge in [-0.3, -0.25) is 9.89 Å². The standard InChI is InChI=1S/C13H16N4O/c1-9-8-17(5-4-14-9)13(18)10-2-3-11-7-15-16-12(11)6-10/h2-3,6-7,9,14H,4-5,8H2,1H3,(H,15,16). The molecule has 1 saturated heterocycles. The molecule has 5 heteroatoms. The first-order chi connectivity index (χ1) is 8.74. The van der Waals surface area contributed by atoms with Crippen LogP contribution in [0.2, 0.25) is 0 Å². The van der Waals surface area contributed by atoms with E-state index in [1.54, 1.807) is 6.20 Å². The Bertz CT molecular complexity index is 577. The van der Waals surface area contributed by atoms with E-state index in [0.29, 0.717) is 6.04 Å². The van der Waals surface area contributed by atoms with Gasteiger partial charge in [-0.05, 0) is 19.1 Å². The van der Waals surface area contributed by atoms with Gasteiger partial charge in [0.05, 0.1) is 11.7 Å². The molecule has 18 heavy (non-hydrogen) atoms. The first-order valence-electron chi connectivity index (χ1n) is 6.20. The Morgan fingerprint density at radius 3 is 3.22 bits per heavy atom. The number of hydrogen-bond donors (Lipinski definition) is 2. The highest BCUT2D eigenvalue weighted by Crippen LogP contribution is 2.15. The molecular weight excluding hydrogens is 228 g/mol. The summed E-state index contributed by atoms with van der Waals surface area (Å²) in [5.41, 5.74) is 1.63. The van der Waals surface area contributed by atoms with Crippen molar-refractivity contribution in [3.63, 3.8) is 0 Å². The molecule has 1 aromatic heterocycles. The van der Waals surface area contributed by atoms with Crippen molar-refractivity contribution in [2.75, 3.05) is 19.6 Å². The lowest BCUT2D eigenvalue weighted by molar-refractivity contribution is 0.0709. The minimum absolute atomic E-state index is 0.0971. The number of hydrogen-bond acceptors (Lipinski definition) is 3. The number of piperazine rings is 1. The van der Waals surface area contributed by atoms with E-state index in [1.807, 2.05) is 23.1 Å². The maximum absolute atomic E-state index is 12.4. The third-order valence-electron chi connectivity index (χ3n) is 3.34. The van der Waals surface area contributed by atoms with Gasteiger partial charge in [-0.15, -0.1) is 0 Å². The molecule has 0 radical (unpaired) electrons. The number of H-pyrrole nitrogens is 1.